The minimum absolute atomic E-state index is 0.0633. The van der Waals surface area contributed by atoms with Crippen LogP contribution >= 0.6 is 0 Å². The first-order chi connectivity index (χ1) is 18.7. The first kappa shape index (κ1) is 27.4. The number of carbonyl (C=O) groups is 1. The molecule has 1 aliphatic heterocycles. The molecule has 3 saturated carbocycles. The van der Waals surface area contributed by atoms with Crippen molar-refractivity contribution in [2.75, 3.05) is 13.1 Å². The predicted molar refractivity (Wildman–Crippen MR) is 153 cm³/mol. The minimum Gasteiger partial charge on any atom is -0.485 e. The molecule has 1 aromatic rings. The maximum Gasteiger partial charge on any atom is 0.222 e. The molecule has 4 aliphatic carbocycles. The van der Waals surface area contributed by atoms with E-state index in [2.05, 4.69) is 36.8 Å². The summed E-state index contributed by atoms with van der Waals surface area (Å²) in [6.45, 7) is 9.13. The third kappa shape index (κ3) is 4.97. The van der Waals surface area contributed by atoms with Crippen molar-refractivity contribution in [2.24, 2.45) is 47.5 Å². The Morgan fingerprint density at radius 3 is 2.82 bits per heavy atom. The van der Waals surface area contributed by atoms with E-state index < -0.39 is 0 Å². The highest BCUT2D eigenvalue weighted by Crippen LogP contribution is 2.67. The molecule has 1 aromatic heterocycles. The molecule has 0 spiro atoms. The first-order valence-electron chi connectivity index (χ1n) is 16.0. The molecule has 6 heteroatoms. The van der Waals surface area contributed by atoms with Gasteiger partial charge >= 0.3 is 0 Å². The number of aryl methyl sites for hydroxylation is 1. The van der Waals surface area contributed by atoms with E-state index in [4.69, 9.17) is 4.74 Å². The molecule has 6 rings (SSSR count). The maximum atomic E-state index is 13.3. The number of hydrogen-bond acceptors (Lipinski definition) is 4. The average molecular weight is 538 g/mol. The number of aliphatic hydroxyl groups is 1. The molecule has 1 amide bonds. The number of carbonyl (C=O) groups excluding carboxylic acids is 1. The lowest BCUT2D eigenvalue weighted by molar-refractivity contribution is -0.134. The van der Waals surface area contributed by atoms with Crippen LogP contribution in [0.1, 0.15) is 97.8 Å². The van der Waals surface area contributed by atoms with Crippen LogP contribution < -0.4 is 4.74 Å². The number of allylic oxidation sites excluding steroid dienone is 1. The van der Waals surface area contributed by atoms with Gasteiger partial charge in [0.2, 0.25) is 5.91 Å². The van der Waals surface area contributed by atoms with Crippen LogP contribution in [0.4, 0.5) is 0 Å². The normalized spacial score (nSPS) is 40.7. The van der Waals surface area contributed by atoms with Crippen LogP contribution in [-0.4, -0.2) is 51.0 Å². The number of ether oxygens (including phenoxy) is 1. The zero-order valence-electron chi connectivity index (χ0n) is 24.8. The molecule has 0 aromatic carbocycles. The lowest BCUT2D eigenvalue weighted by atomic mass is 9.47. The highest BCUT2D eigenvalue weighted by Gasteiger charge is 2.59. The standard InChI is InChI=1S/C33H51N3O3/c1-22(7-12-31(38)36-17-5-6-25(21-36)39-26-19-34-35(4)20-26)28-10-11-29-27-9-8-23-18-24(37)13-15-32(23,2)30(27)14-16-33(28,29)3/h8,19-20,22,24-25,27-30,37H,5-7,9-18,21H2,1-4H3/t22?,24-,25-,27-,28+,29-,30-,32-,33+/m0/s1. The van der Waals surface area contributed by atoms with Gasteiger partial charge in [-0.3, -0.25) is 9.48 Å². The van der Waals surface area contributed by atoms with Crippen molar-refractivity contribution in [1.29, 1.82) is 0 Å². The van der Waals surface area contributed by atoms with Gasteiger partial charge in [0.25, 0.3) is 0 Å². The summed E-state index contributed by atoms with van der Waals surface area (Å²) in [6, 6.07) is 0. The second kappa shape index (κ2) is 10.5. The van der Waals surface area contributed by atoms with Crippen molar-refractivity contribution >= 4 is 5.91 Å². The topological polar surface area (TPSA) is 67.6 Å². The van der Waals surface area contributed by atoms with Gasteiger partial charge < -0.3 is 14.7 Å². The van der Waals surface area contributed by atoms with Crippen LogP contribution in [0.5, 0.6) is 5.75 Å². The zero-order chi connectivity index (χ0) is 27.4. The van der Waals surface area contributed by atoms with Crippen LogP contribution in [0.3, 0.4) is 0 Å². The molecule has 0 radical (unpaired) electrons. The van der Waals surface area contributed by atoms with Crippen molar-refractivity contribution in [3.05, 3.63) is 24.0 Å². The van der Waals surface area contributed by atoms with Crippen LogP contribution in [0, 0.1) is 40.4 Å². The second-order valence-electron chi connectivity index (χ2n) is 14.5. The van der Waals surface area contributed by atoms with E-state index >= 15 is 0 Å². The van der Waals surface area contributed by atoms with E-state index in [9.17, 15) is 9.90 Å². The third-order valence-corrected chi connectivity index (χ3v) is 12.4. The fourth-order valence-electron chi connectivity index (χ4n) is 10.2. The van der Waals surface area contributed by atoms with Gasteiger partial charge in [-0.15, -0.1) is 0 Å². The highest BCUT2D eigenvalue weighted by atomic mass is 16.5. The SMILES string of the molecule is CC(CCC(=O)N1CCC[C@H](Oc2cnn(C)c2)C1)[C@H]1CC[C@H]2[C@@H]3CC=C4C[C@@H](O)CC[C@]4(C)[C@H]3CC[C@]12C. The van der Waals surface area contributed by atoms with Gasteiger partial charge in [-0.25, -0.2) is 0 Å². The van der Waals surface area contributed by atoms with Gasteiger partial charge in [0.15, 0.2) is 5.75 Å². The van der Waals surface area contributed by atoms with Gasteiger partial charge in [0.1, 0.15) is 6.10 Å². The second-order valence-corrected chi connectivity index (χ2v) is 14.5. The van der Waals surface area contributed by atoms with E-state index in [1.807, 2.05) is 13.2 Å². The van der Waals surface area contributed by atoms with E-state index in [1.54, 1.807) is 16.5 Å². The molecule has 4 fully saturated rings. The van der Waals surface area contributed by atoms with E-state index in [0.717, 1.165) is 74.5 Å². The summed E-state index contributed by atoms with van der Waals surface area (Å²) in [6.07, 6.45) is 19.4. The Hall–Kier alpha value is -1.82. The van der Waals surface area contributed by atoms with Crippen LogP contribution in [0.15, 0.2) is 24.0 Å². The summed E-state index contributed by atoms with van der Waals surface area (Å²) in [4.78, 5) is 15.3. The summed E-state index contributed by atoms with van der Waals surface area (Å²) in [5.41, 5.74) is 2.29. The van der Waals surface area contributed by atoms with E-state index in [-0.39, 0.29) is 12.2 Å². The molecule has 2 heterocycles. The van der Waals surface area contributed by atoms with Crippen molar-refractivity contribution in [3.63, 3.8) is 0 Å². The summed E-state index contributed by atoms with van der Waals surface area (Å²) >= 11 is 0. The van der Waals surface area contributed by atoms with Gasteiger partial charge in [0.05, 0.1) is 25.0 Å². The fraction of sp³-hybridized carbons (Fsp3) is 0.818. The average Bonchev–Trinajstić information content (AvgIpc) is 3.49. The molecule has 216 valence electrons. The summed E-state index contributed by atoms with van der Waals surface area (Å²) in [7, 11) is 1.90. The fourth-order valence-corrected chi connectivity index (χ4v) is 10.2. The Bertz CT molecular complexity index is 1080. The molecule has 1 saturated heterocycles. The van der Waals surface area contributed by atoms with Crippen LogP contribution in [-0.2, 0) is 11.8 Å². The molecule has 1 unspecified atom stereocenters. The number of hydrogen-bond donors (Lipinski definition) is 1. The number of aliphatic hydroxyl groups excluding tert-OH is 1. The number of rotatable bonds is 6. The maximum absolute atomic E-state index is 13.3. The highest BCUT2D eigenvalue weighted by molar-refractivity contribution is 5.76. The molecular formula is C33H51N3O3. The Kier molecular flexibility index (Phi) is 7.39. The molecular weight excluding hydrogens is 486 g/mol. The van der Waals surface area contributed by atoms with Crippen molar-refractivity contribution in [2.45, 2.75) is 110 Å². The number of aromatic nitrogens is 2. The summed E-state index contributed by atoms with van der Waals surface area (Å²) in [5, 5.41) is 14.5. The molecule has 6 nitrogen and oxygen atoms in total. The number of amides is 1. The van der Waals surface area contributed by atoms with Gasteiger partial charge in [-0.05, 0) is 111 Å². The van der Waals surface area contributed by atoms with Crippen molar-refractivity contribution < 1.29 is 14.6 Å². The summed E-state index contributed by atoms with van der Waals surface area (Å²) in [5.74, 6) is 4.82. The number of fused-ring (bicyclic) bond motifs is 5. The van der Waals surface area contributed by atoms with Crippen molar-refractivity contribution in [1.82, 2.24) is 14.7 Å². The molecule has 5 aliphatic rings. The predicted octanol–water partition coefficient (Wildman–Crippen LogP) is 6.15. The van der Waals surface area contributed by atoms with Gasteiger partial charge in [-0.2, -0.15) is 5.10 Å². The largest absolute Gasteiger partial charge is 0.485 e. The van der Waals surface area contributed by atoms with Crippen molar-refractivity contribution in [3.8, 4) is 5.75 Å². The number of nitrogens with zero attached hydrogens (tertiary/aromatic N) is 3. The van der Waals surface area contributed by atoms with Gasteiger partial charge in [0, 0.05) is 20.0 Å². The van der Waals surface area contributed by atoms with Crippen LogP contribution in [0.25, 0.3) is 0 Å². The molecule has 39 heavy (non-hydrogen) atoms. The van der Waals surface area contributed by atoms with Gasteiger partial charge in [-0.1, -0.05) is 32.4 Å². The smallest absolute Gasteiger partial charge is 0.222 e. The molecule has 1 N–H and O–H groups in total. The Morgan fingerprint density at radius 2 is 2.03 bits per heavy atom. The monoisotopic (exact) mass is 537 g/mol. The quantitative estimate of drug-likeness (QED) is 0.442. The lowest BCUT2D eigenvalue weighted by Gasteiger charge is -2.58. The lowest BCUT2D eigenvalue weighted by Crippen LogP contribution is -2.50. The minimum atomic E-state index is -0.126. The Morgan fingerprint density at radius 1 is 1.18 bits per heavy atom. The van der Waals surface area contributed by atoms with Crippen LogP contribution in [0.2, 0.25) is 0 Å². The Labute approximate surface area is 235 Å². The number of piperidine rings is 1. The van der Waals surface area contributed by atoms with E-state index in [0.29, 0.717) is 35.6 Å². The molecule has 9 atom stereocenters. The third-order valence-electron chi connectivity index (χ3n) is 12.4. The summed E-state index contributed by atoms with van der Waals surface area (Å²) < 4.78 is 7.89. The zero-order valence-corrected chi connectivity index (χ0v) is 24.8. The molecule has 0 bridgehead atoms. The number of likely N-dealkylation sites (tertiary alicyclic amines) is 1. The Balaban J connectivity index is 1.05. The first-order valence-corrected chi connectivity index (χ1v) is 16.0. The van der Waals surface area contributed by atoms with E-state index in [1.165, 1.54) is 32.1 Å².